The van der Waals surface area contributed by atoms with Gasteiger partial charge in [0.1, 0.15) is 5.72 Å². The normalized spacial score (nSPS) is 13.8. The summed E-state index contributed by atoms with van der Waals surface area (Å²) in [5.41, 5.74) is -2.05. The van der Waals surface area contributed by atoms with Crippen molar-refractivity contribution in [1.82, 2.24) is 9.80 Å². The van der Waals surface area contributed by atoms with E-state index in [-0.39, 0.29) is 0 Å². The Labute approximate surface area is 125 Å². The molecule has 0 aliphatic heterocycles. The second-order valence-corrected chi connectivity index (χ2v) is 4.79. The molecule has 11 nitrogen and oxygen atoms in total. The molecule has 126 valence electrons. The Morgan fingerprint density at radius 1 is 0.773 bits per heavy atom. The lowest BCUT2D eigenvalue weighted by molar-refractivity contribution is -0.164. The third-order valence-corrected chi connectivity index (χ3v) is 2.57. The van der Waals surface area contributed by atoms with Gasteiger partial charge >= 0.3 is 23.9 Å². The van der Waals surface area contributed by atoms with Crippen LogP contribution in [0.15, 0.2) is 0 Å². The minimum atomic E-state index is -2.05. The van der Waals surface area contributed by atoms with Crippen molar-refractivity contribution >= 4 is 23.9 Å². The first-order valence-corrected chi connectivity index (χ1v) is 6.01. The Bertz CT molecular complexity index is 417. The number of aliphatic carboxylic acids is 4. The van der Waals surface area contributed by atoms with Gasteiger partial charge in [0.2, 0.25) is 0 Å². The van der Waals surface area contributed by atoms with Crippen molar-refractivity contribution in [3.63, 3.8) is 0 Å². The van der Waals surface area contributed by atoms with Gasteiger partial charge in [-0.15, -0.1) is 0 Å². The molecule has 1 unspecified atom stereocenters. The highest BCUT2D eigenvalue weighted by molar-refractivity contribution is 5.73. The zero-order valence-corrected chi connectivity index (χ0v) is 11.8. The minimum absolute atomic E-state index is 0.563. The highest BCUT2D eigenvalue weighted by Crippen LogP contribution is 2.13. The van der Waals surface area contributed by atoms with E-state index >= 15 is 0 Å². The molecule has 0 aromatic heterocycles. The molecule has 0 amide bonds. The summed E-state index contributed by atoms with van der Waals surface area (Å²) in [6.07, 6.45) is 0. The average molecular weight is 322 g/mol. The van der Waals surface area contributed by atoms with Crippen LogP contribution >= 0.6 is 0 Å². The van der Waals surface area contributed by atoms with Crippen LogP contribution < -0.4 is 0 Å². The predicted molar refractivity (Wildman–Crippen MR) is 69.2 cm³/mol. The SMILES string of the molecule is CC(O)(CN(CC(=O)O)CC(=O)O)N(CC(=O)O)CC(=O)O. The van der Waals surface area contributed by atoms with Crippen molar-refractivity contribution in [3.8, 4) is 0 Å². The van der Waals surface area contributed by atoms with E-state index in [1.54, 1.807) is 0 Å². The number of carboxylic acids is 4. The third-order valence-electron chi connectivity index (χ3n) is 2.57. The van der Waals surface area contributed by atoms with Gasteiger partial charge in [0.15, 0.2) is 0 Å². The van der Waals surface area contributed by atoms with Crippen LogP contribution in [0.2, 0.25) is 0 Å². The van der Waals surface area contributed by atoms with Crippen LogP contribution in [-0.4, -0.2) is 97.7 Å². The van der Waals surface area contributed by atoms with E-state index in [0.29, 0.717) is 4.90 Å². The summed E-state index contributed by atoms with van der Waals surface area (Å²) in [5, 5.41) is 45.1. The van der Waals surface area contributed by atoms with Gasteiger partial charge in [0, 0.05) is 6.54 Å². The maximum absolute atomic E-state index is 10.7. The molecule has 0 aliphatic carbocycles. The summed E-state index contributed by atoms with van der Waals surface area (Å²) in [7, 11) is 0. The molecule has 0 saturated carbocycles. The molecule has 0 rings (SSSR count). The topological polar surface area (TPSA) is 176 Å². The maximum atomic E-state index is 10.7. The zero-order valence-electron chi connectivity index (χ0n) is 11.8. The van der Waals surface area contributed by atoms with Crippen LogP contribution in [0.4, 0.5) is 0 Å². The molecule has 0 radical (unpaired) electrons. The van der Waals surface area contributed by atoms with Gasteiger partial charge in [-0.3, -0.25) is 29.0 Å². The number of aliphatic hydroxyl groups is 1. The quantitative estimate of drug-likeness (QED) is 0.257. The Kier molecular flexibility index (Phi) is 7.42. The Balaban J connectivity index is 5.14. The molecular weight excluding hydrogens is 304 g/mol. The first kappa shape index (κ1) is 19.8. The fourth-order valence-electron chi connectivity index (χ4n) is 1.80. The number of hydrogen-bond donors (Lipinski definition) is 5. The lowest BCUT2D eigenvalue weighted by Gasteiger charge is -2.37. The maximum Gasteiger partial charge on any atom is 0.317 e. The number of rotatable bonds is 11. The zero-order chi connectivity index (χ0) is 17.5. The molecule has 0 saturated heterocycles. The Morgan fingerprint density at radius 3 is 1.36 bits per heavy atom. The fourth-order valence-corrected chi connectivity index (χ4v) is 1.80. The van der Waals surface area contributed by atoms with Crippen LogP contribution in [0.3, 0.4) is 0 Å². The second kappa shape index (κ2) is 8.26. The lowest BCUT2D eigenvalue weighted by Crippen LogP contribution is -2.57. The van der Waals surface area contributed by atoms with Gasteiger partial charge in [0.05, 0.1) is 26.2 Å². The van der Waals surface area contributed by atoms with E-state index in [4.69, 9.17) is 20.4 Å². The minimum Gasteiger partial charge on any atom is -0.480 e. The van der Waals surface area contributed by atoms with Gasteiger partial charge in [-0.2, -0.15) is 0 Å². The molecule has 11 heteroatoms. The number of nitrogens with zero attached hydrogens (tertiary/aromatic N) is 2. The summed E-state index contributed by atoms with van der Waals surface area (Å²) < 4.78 is 0. The van der Waals surface area contributed by atoms with Crippen molar-refractivity contribution in [2.24, 2.45) is 0 Å². The lowest BCUT2D eigenvalue weighted by atomic mass is 10.2. The summed E-state index contributed by atoms with van der Waals surface area (Å²) in [6, 6.07) is 0. The number of carbonyl (C=O) groups is 4. The van der Waals surface area contributed by atoms with E-state index in [1.165, 1.54) is 0 Å². The predicted octanol–water partition coefficient (Wildman–Crippen LogP) is -2.36. The van der Waals surface area contributed by atoms with E-state index in [2.05, 4.69) is 0 Å². The van der Waals surface area contributed by atoms with Crippen LogP contribution in [-0.2, 0) is 19.2 Å². The van der Waals surface area contributed by atoms with Gasteiger partial charge in [-0.25, -0.2) is 0 Å². The first-order chi connectivity index (χ1) is 9.94. The third kappa shape index (κ3) is 8.14. The van der Waals surface area contributed by atoms with Gasteiger partial charge in [-0.05, 0) is 6.92 Å². The van der Waals surface area contributed by atoms with Gasteiger partial charge in [-0.1, -0.05) is 0 Å². The molecular formula is C11H18N2O9. The number of carboxylic acid groups (broad SMARTS) is 4. The monoisotopic (exact) mass is 322 g/mol. The van der Waals surface area contributed by atoms with E-state index in [9.17, 15) is 24.3 Å². The molecule has 0 fully saturated rings. The van der Waals surface area contributed by atoms with Crippen LogP contribution in [0.1, 0.15) is 6.92 Å². The van der Waals surface area contributed by atoms with Crippen molar-refractivity contribution in [2.75, 3.05) is 32.7 Å². The Hall–Kier alpha value is -2.24. The number of hydrogen-bond acceptors (Lipinski definition) is 7. The summed E-state index contributed by atoms with van der Waals surface area (Å²) in [4.78, 5) is 44.4. The highest BCUT2D eigenvalue weighted by Gasteiger charge is 2.35. The summed E-state index contributed by atoms with van der Waals surface area (Å²) in [6.45, 7) is -2.53. The van der Waals surface area contributed by atoms with Crippen LogP contribution in [0.5, 0.6) is 0 Å². The molecule has 1 atom stereocenters. The molecule has 5 N–H and O–H groups in total. The van der Waals surface area contributed by atoms with E-state index < -0.39 is 62.3 Å². The molecule has 0 heterocycles. The van der Waals surface area contributed by atoms with Crippen molar-refractivity contribution in [3.05, 3.63) is 0 Å². The van der Waals surface area contributed by atoms with Gasteiger partial charge < -0.3 is 25.5 Å². The molecule has 0 aromatic rings. The fraction of sp³-hybridized carbons (Fsp3) is 0.636. The highest BCUT2D eigenvalue weighted by atomic mass is 16.4. The van der Waals surface area contributed by atoms with Crippen LogP contribution in [0, 0.1) is 0 Å². The average Bonchev–Trinajstić information content (AvgIpc) is 2.23. The van der Waals surface area contributed by atoms with Crippen molar-refractivity contribution in [1.29, 1.82) is 0 Å². The standard InChI is InChI=1S/C11H18N2O9/c1-11(22,13(4-9(18)19)5-10(20)21)6-12(2-7(14)15)3-8(16)17/h22H,2-6H2,1H3,(H,14,15)(H,16,17)(H,18,19)(H,20,21). The first-order valence-electron chi connectivity index (χ1n) is 6.01. The van der Waals surface area contributed by atoms with Gasteiger partial charge in [0.25, 0.3) is 0 Å². The van der Waals surface area contributed by atoms with Crippen molar-refractivity contribution in [2.45, 2.75) is 12.6 Å². The smallest absolute Gasteiger partial charge is 0.317 e. The van der Waals surface area contributed by atoms with Crippen LogP contribution in [0.25, 0.3) is 0 Å². The second-order valence-electron chi connectivity index (χ2n) is 4.79. The van der Waals surface area contributed by atoms with E-state index in [1.807, 2.05) is 0 Å². The largest absolute Gasteiger partial charge is 0.480 e. The molecule has 22 heavy (non-hydrogen) atoms. The summed E-state index contributed by atoms with van der Waals surface area (Å²) in [5.74, 6) is -5.49. The summed E-state index contributed by atoms with van der Waals surface area (Å²) >= 11 is 0. The molecule has 0 bridgehead atoms. The van der Waals surface area contributed by atoms with Crippen molar-refractivity contribution < 1.29 is 44.7 Å². The molecule has 0 aromatic carbocycles. The molecule has 0 spiro atoms. The van der Waals surface area contributed by atoms with E-state index in [0.717, 1.165) is 11.8 Å². The molecule has 0 aliphatic rings. The Morgan fingerprint density at radius 2 is 1.09 bits per heavy atom.